The number of rotatable bonds is 3. The lowest BCUT2D eigenvalue weighted by atomic mass is 10.2. The van der Waals surface area contributed by atoms with Crippen LogP contribution >= 0.6 is 0 Å². The van der Waals surface area contributed by atoms with Crippen LogP contribution in [0.4, 0.5) is 5.69 Å². The lowest BCUT2D eigenvalue weighted by molar-refractivity contribution is -0.117. The molecule has 9 heteroatoms. The van der Waals surface area contributed by atoms with E-state index in [2.05, 4.69) is 0 Å². The van der Waals surface area contributed by atoms with Crippen LogP contribution in [0.25, 0.3) is 0 Å². The standard InChI is InChI=1S/C11H12N2O6S/c12-20(18,19)9-4-10(15)13(5-9)7-1-6(11(16)17)2-8(14)3-7/h1-3,9,14H,4-5H2,(H,16,17)(H2,12,18,19). The van der Waals surface area contributed by atoms with E-state index in [4.69, 9.17) is 10.2 Å². The molecule has 1 fully saturated rings. The first kappa shape index (κ1) is 14.3. The summed E-state index contributed by atoms with van der Waals surface area (Å²) in [6.45, 7) is -0.166. The number of primary sulfonamides is 1. The SMILES string of the molecule is NS(=O)(=O)C1CC(=O)N(c2cc(O)cc(C(=O)O)c2)C1. The van der Waals surface area contributed by atoms with E-state index >= 15 is 0 Å². The van der Waals surface area contributed by atoms with Crippen molar-refractivity contribution in [3.05, 3.63) is 23.8 Å². The molecule has 0 aromatic heterocycles. The average molecular weight is 300 g/mol. The highest BCUT2D eigenvalue weighted by molar-refractivity contribution is 7.89. The van der Waals surface area contributed by atoms with Gasteiger partial charge in [0.1, 0.15) is 11.0 Å². The predicted molar refractivity (Wildman–Crippen MR) is 68.9 cm³/mol. The number of carbonyl (C=O) groups excluding carboxylic acids is 1. The van der Waals surface area contributed by atoms with Crippen molar-refractivity contribution < 1.29 is 28.2 Å². The second kappa shape index (κ2) is 4.76. The van der Waals surface area contributed by atoms with Crippen LogP contribution in [0.5, 0.6) is 5.75 Å². The van der Waals surface area contributed by atoms with Gasteiger partial charge in [-0.25, -0.2) is 18.4 Å². The lowest BCUT2D eigenvalue weighted by Crippen LogP contribution is -2.32. The Bertz CT molecular complexity index is 684. The molecule has 1 heterocycles. The van der Waals surface area contributed by atoms with Crippen LogP contribution in [0, 0.1) is 0 Å². The molecule has 108 valence electrons. The number of anilines is 1. The van der Waals surface area contributed by atoms with Gasteiger partial charge in [0.15, 0.2) is 0 Å². The number of carbonyl (C=O) groups is 2. The molecular formula is C11H12N2O6S. The molecule has 1 aromatic carbocycles. The summed E-state index contributed by atoms with van der Waals surface area (Å²) in [6, 6.07) is 3.41. The fraction of sp³-hybridized carbons (Fsp3) is 0.273. The number of aromatic hydroxyl groups is 1. The number of aromatic carboxylic acids is 1. The summed E-state index contributed by atoms with van der Waals surface area (Å²) >= 11 is 0. The molecule has 0 saturated carbocycles. The Hall–Kier alpha value is -2.13. The van der Waals surface area contributed by atoms with Crippen LogP contribution in [-0.2, 0) is 14.8 Å². The van der Waals surface area contributed by atoms with Crippen molar-refractivity contribution in [3.63, 3.8) is 0 Å². The Morgan fingerprint density at radius 3 is 2.50 bits per heavy atom. The summed E-state index contributed by atoms with van der Waals surface area (Å²) in [7, 11) is -3.85. The number of amides is 1. The van der Waals surface area contributed by atoms with Gasteiger partial charge in [0.2, 0.25) is 15.9 Å². The van der Waals surface area contributed by atoms with E-state index in [-0.39, 0.29) is 30.0 Å². The van der Waals surface area contributed by atoms with E-state index in [1.807, 2.05) is 0 Å². The monoisotopic (exact) mass is 300 g/mol. The maximum Gasteiger partial charge on any atom is 0.335 e. The topological polar surface area (TPSA) is 138 Å². The minimum Gasteiger partial charge on any atom is -0.508 e. The molecule has 1 amide bonds. The molecule has 0 radical (unpaired) electrons. The molecule has 8 nitrogen and oxygen atoms in total. The highest BCUT2D eigenvalue weighted by Gasteiger charge is 2.37. The normalized spacial score (nSPS) is 19.4. The summed E-state index contributed by atoms with van der Waals surface area (Å²) in [5.74, 6) is -2.09. The second-order valence-electron chi connectivity index (χ2n) is 4.46. The number of carboxylic acid groups (broad SMARTS) is 1. The van der Waals surface area contributed by atoms with Gasteiger partial charge in [-0.05, 0) is 12.1 Å². The largest absolute Gasteiger partial charge is 0.508 e. The van der Waals surface area contributed by atoms with Crippen LogP contribution in [0.3, 0.4) is 0 Å². The Morgan fingerprint density at radius 2 is 2.00 bits per heavy atom. The highest BCUT2D eigenvalue weighted by atomic mass is 32.2. The van der Waals surface area contributed by atoms with Crippen LogP contribution in [0.2, 0.25) is 0 Å². The summed E-state index contributed by atoms with van der Waals surface area (Å²) in [6.07, 6.45) is -0.267. The number of nitrogens with zero attached hydrogens (tertiary/aromatic N) is 1. The molecule has 2 rings (SSSR count). The molecular weight excluding hydrogens is 288 g/mol. The molecule has 0 aliphatic carbocycles. The Balaban J connectivity index is 2.38. The average Bonchev–Trinajstić information content (AvgIpc) is 2.70. The van der Waals surface area contributed by atoms with Crippen LogP contribution < -0.4 is 10.0 Å². The van der Waals surface area contributed by atoms with E-state index in [0.717, 1.165) is 11.0 Å². The second-order valence-corrected chi connectivity index (χ2v) is 6.31. The van der Waals surface area contributed by atoms with Crippen molar-refractivity contribution in [2.45, 2.75) is 11.7 Å². The van der Waals surface area contributed by atoms with E-state index in [9.17, 15) is 23.1 Å². The van der Waals surface area contributed by atoms with Crippen molar-refractivity contribution in [1.82, 2.24) is 0 Å². The first-order valence-electron chi connectivity index (χ1n) is 5.58. The zero-order valence-electron chi connectivity index (χ0n) is 10.2. The van der Waals surface area contributed by atoms with E-state index in [1.165, 1.54) is 12.1 Å². The quantitative estimate of drug-likeness (QED) is 0.687. The van der Waals surface area contributed by atoms with Crippen molar-refractivity contribution >= 4 is 27.6 Å². The molecule has 20 heavy (non-hydrogen) atoms. The third-order valence-corrected chi connectivity index (χ3v) is 4.26. The van der Waals surface area contributed by atoms with Crippen LogP contribution in [0.15, 0.2) is 18.2 Å². The summed E-state index contributed by atoms with van der Waals surface area (Å²) < 4.78 is 22.5. The molecule has 4 N–H and O–H groups in total. The van der Waals surface area contributed by atoms with Gasteiger partial charge in [0.05, 0.1) is 5.56 Å². The fourth-order valence-corrected chi connectivity index (χ4v) is 2.75. The minimum absolute atomic E-state index is 0.124. The molecule has 0 bridgehead atoms. The van der Waals surface area contributed by atoms with Crippen molar-refractivity contribution in [2.24, 2.45) is 5.14 Å². The first-order chi connectivity index (χ1) is 9.18. The zero-order chi connectivity index (χ0) is 15.1. The number of benzene rings is 1. The van der Waals surface area contributed by atoms with Gasteiger partial charge in [-0.3, -0.25) is 4.79 Å². The zero-order valence-corrected chi connectivity index (χ0v) is 11.0. The Kier molecular flexibility index (Phi) is 3.40. The number of carboxylic acids is 1. The Labute approximate surface area is 114 Å². The molecule has 1 saturated heterocycles. The van der Waals surface area contributed by atoms with Crippen LogP contribution in [-0.4, -0.2) is 42.3 Å². The fourth-order valence-electron chi connectivity index (χ4n) is 2.02. The third kappa shape index (κ3) is 2.73. The predicted octanol–water partition coefficient (Wildman–Crippen LogP) is -0.516. The van der Waals surface area contributed by atoms with E-state index in [1.54, 1.807) is 0 Å². The van der Waals surface area contributed by atoms with Crippen molar-refractivity contribution in [3.8, 4) is 5.75 Å². The van der Waals surface area contributed by atoms with E-state index in [0.29, 0.717) is 0 Å². The van der Waals surface area contributed by atoms with Gasteiger partial charge >= 0.3 is 5.97 Å². The van der Waals surface area contributed by atoms with Gasteiger partial charge in [0, 0.05) is 24.7 Å². The molecule has 1 aliphatic heterocycles. The Morgan fingerprint density at radius 1 is 1.35 bits per heavy atom. The third-order valence-electron chi connectivity index (χ3n) is 3.02. The van der Waals surface area contributed by atoms with Gasteiger partial charge in [-0.1, -0.05) is 0 Å². The minimum atomic E-state index is -3.85. The molecule has 0 spiro atoms. The number of sulfonamides is 1. The summed E-state index contributed by atoms with van der Waals surface area (Å²) in [4.78, 5) is 23.8. The maximum absolute atomic E-state index is 11.8. The van der Waals surface area contributed by atoms with E-state index < -0.39 is 27.1 Å². The number of hydrogen-bond donors (Lipinski definition) is 3. The first-order valence-corrected chi connectivity index (χ1v) is 7.19. The van der Waals surface area contributed by atoms with Gasteiger partial charge in [-0.15, -0.1) is 0 Å². The van der Waals surface area contributed by atoms with Gasteiger partial charge in [0.25, 0.3) is 0 Å². The van der Waals surface area contributed by atoms with Crippen LogP contribution in [0.1, 0.15) is 16.8 Å². The lowest BCUT2D eigenvalue weighted by Gasteiger charge is -2.17. The summed E-state index contributed by atoms with van der Waals surface area (Å²) in [5.41, 5.74) is -0.0783. The van der Waals surface area contributed by atoms with Crippen molar-refractivity contribution in [1.29, 1.82) is 0 Å². The molecule has 1 aliphatic rings. The van der Waals surface area contributed by atoms with Gasteiger partial charge in [-0.2, -0.15) is 0 Å². The number of hydrogen-bond acceptors (Lipinski definition) is 5. The number of nitrogens with two attached hydrogens (primary N) is 1. The summed E-state index contributed by atoms with van der Waals surface area (Å²) in [5, 5.41) is 22.3. The van der Waals surface area contributed by atoms with Crippen molar-refractivity contribution in [2.75, 3.05) is 11.4 Å². The number of phenols is 1. The molecule has 1 atom stereocenters. The number of phenolic OH excluding ortho intramolecular Hbond substituents is 1. The van der Waals surface area contributed by atoms with Gasteiger partial charge < -0.3 is 15.1 Å². The highest BCUT2D eigenvalue weighted by Crippen LogP contribution is 2.28. The molecule has 1 unspecified atom stereocenters. The molecule has 1 aromatic rings. The smallest absolute Gasteiger partial charge is 0.335 e. The maximum atomic E-state index is 11.8.